The maximum atomic E-state index is 11.9. The van der Waals surface area contributed by atoms with E-state index in [1.165, 1.54) is 0 Å². The van der Waals surface area contributed by atoms with Crippen LogP contribution in [0.1, 0.15) is 40.4 Å². The zero-order valence-corrected chi connectivity index (χ0v) is 9.74. The molecule has 1 unspecified atom stereocenters. The Morgan fingerprint density at radius 1 is 1.19 bits per heavy atom. The van der Waals surface area contributed by atoms with Crippen LogP contribution in [0.3, 0.4) is 0 Å². The van der Waals surface area contributed by atoms with Gasteiger partial charge in [0.15, 0.2) is 9.84 Å². The van der Waals surface area contributed by atoms with Crippen LogP contribution in [0.2, 0.25) is 0 Å². The second kappa shape index (κ2) is 4.37. The van der Waals surface area contributed by atoms with Gasteiger partial charge in [-0.05, 0) is 18.4 Å². The van der Waals surface area contributed by atoms with E-state index < -0.39 is 15.1 Å². The maximum Gasteiger partial charge on any atom is 0.157 e. The molecular formula is C12H14O3S. The van der Waals surface area contributed by atoms with Gasteiger partial charge in [-0.15, -0.1) is 0 Å². The number of aldehydes is 1. The summed E-state index contributed by atoms with van der Waals surface area (Å²) in [6.07, 6.45) is 3.02. The second-order valence-corrected chi connectivity index (χ2v) is 6.40. The molecule has 0 radical (unpaired) electrons. The Hall–Kier alpha value is -1.16. The van der Waals surface area contributed by atoms with E-state index in [4.69, 9.17) is 0 Å². The lowest BCUT2D eigenvalue weighted by molar-refractivity contribution is 0.112. The molecule has 3 nitrogen and oxygen atoms in total. The fraction of sp³-hybridized carbons (Fsp3) is 0.417. The molecule has 1 aromatic carbocycles. The number of carbonyl (C=O) groups is 1. The molecule has 1 aromatic rings. The molecule has 1 heterocycles. The largest absolute Gasteiger partial charge is 0.298 e. The van der Waals surface area contributed by atoms with Gasteiger partial charge < -0.3 is 0 Å². The normalized spacial score (nSPS) is 23.9. The second-order valence-electron chi connectivity index (χ2n) is 4.10. The molecule has 16 heavy (non-hydrogen) atoms. The van der Waals surface area contributed by atoms with Gasteiger partial charge in [-0.3, -0.25) is 4.79 Å². The Morgan fingerprint density at radius 3 is 2.62 bits per heavy atom. The van der Waals surface area contributed by atoms with Gasteiger partial charge in [0, 0.05) is 5.56 Å². The Balaban J connectivity index is 2.46. The van der Waals surface area contributed by atoms with E-state index in [1.54, 1.807) is 24.3 Å². The molecule has 0 saturated carbocycles. The number of benzene rings is 1. The first-order valence-corrected chi connectivity index (χ1v) is 7.12. The molecule has 1 saturated heterocycles. The lowest BCUT2D eigenvalue weighted by Crippen LogP contribution is -2.22. The van der Waals surface area contributed by atoms with Gasteiger partial charge >= 0.3 is 0 Å². The van der Waals surface area contributed by atoms with Gasteiger partial charge in [0.2, 0.25) is 0 Å². The van der Waals surface area contributed by atoms with Gasteiger partial charge in [-0.1, -0.05) is 30.7 Å². The molecule has 1 aliphatic heterocycles. The van der Waals surface area contributed by atoms with E-state index in [0.29, 0.717) is 17.5 Å². The highest BCUT2D eigenvalue weighted by Crippen LogP contribution is 2.34. The Labute approximate surface area is 95.4 Å². The van der Waals surface area contributed by atoms with Gasteiger partial charge in [0.1, 0.15) is 6.29 Å². The van der Waals surface area contributed by atoms with Gasteiger partial charge in [0.25, 0.3) is 0 Å². The van der Waals surface area contributed by atoms with E-state index >= 15 is 0 Å². The van der Waals surface area contributed by atoms with Crippen molar-refractivity contribution in [3.8, 4) is 0 Å². The fourth-order valence-corrected chi connectivity index (χ4v) is 4.23. The van der Waals surface area contributed by atoms with Crippen molar-refractivity contribution in [3.63, 3.8) is 0 Å². The summed E-state index contributed by atoms with van der Waals surface area (Å²) in [6.45, 7) is 0. The minimum atomic E-state index is -3.07. The zero-order valence-electron chi connectivity index (χ0n) is 8.93. The van der Waals surface area contributed by atoms with Crippen LogP contribution in [0.5, 0.6) is 0 Å². The molecule has 1 fully saturated rings. The average Bonchev–Trinajstić information content (AvgIpc) is 2.28. The van der Waals surface area contributed by atoms with Crippen molar-refractivity contribution in [1.29, 1.82) is 0 Å². The molecule has 0 bridgehead atoms. The molecule has 0 aliphatic carbocycles. The summed E-state index contributed by atoms with van der Waals surface area (Å²) in [4.78, 5) is 10.9. The van der Waals surface area contributed by atoms with Crippen LogP contribution in [-0.2, 0) is 9.84 Å². The lowest BCUT2D eigenvalue weighted by atomic mass is 10.0. The number of rotatable bonds is 2. The van der Waals surface area contributed by atoms with E-state index in [-0.39, 0.29) is 5.75 Å². The summed E-state index contributed by atoms with van der Waals surface area (Å²) >= 11 is 0. The SMILES string of the molecule is O=Cc1ccccc1C1CCCCS1(=O)=O. The Morgan fingerprint density at radius 2 is 1.94 bits per heavy atom. The molecule has 1 aliphatic rings. The predicted molar refractivity (Wildman–Crippen MR) is 62.2 cm³/mol. The lowest BCUT2D eigenvalue weighted by Gasteiger charge is -2.23. The van der Waals surface area contributed by atoms with E-state index in [1.807, 2.05) is 0 Å². The van der Waals surface area contributed by atoms with E-state index in [0.717, 1.165) is 19.1 Å². The summed E-state index contributed by atoms with van der Waals surface area (Å²) in [5.41, 5.74) is 1.16. The van der Waals surface area contributed by atoms with Crippen molar-refractivity contribution < 1.29 is 13.2 Å². The molecule has 4 heteroatoms. The molecule has 86 valence electrons. The summed E-state index contributed by atoms with van der Waals surface area (Å²) < 4.78 is 23.9. The minimum absolute atomic E-state index is 0.241. The Bertz CT molecular complexity index is 491. The summed E-state index contributed by atoms with van der Waals surface area (Å²) in [7, 11) is -3.07. The number of hydrogen-bond donors (Lipinski definition) is 0. The first-order valence-electron chi connectivity index (χ1n) is 5.41. The van der Waals surface area contributed by atoms with Crippen LogP contribution >= 0.6 is 0 Å². The molecule has 0 aromatic heterocycles. The third kappa shape index (κ3) is 2.02. The van der Waals surface area contributed by atoms with Gasteiger partial charge in [0.05, 0.1) is 11.0 Å². The smallest absolute Gasteiger partial charge is 0.157 e. The first kappa shape index (κ1) is 11.3. The minimum Gasteiger partial charge on any atom is -0.298 e. The molecule has 0 N–H and O–H groups in total. The third-order valence-corrected chi connectivity index (χ3v) is 5.26. The van der Waals surface area contributed by atoms with Crippen molar-refractivity contribution >= 4 is 16.1 Å². The monoisotopic (exact) mass is 238 g/mol. The van der Waals surface area contributed by atoms with E-state index in [9.17, 15) is 13.2 Å². The highest BCUT2D eigenvalue weighted by molar-refractivity contribution is 7.91. The van der Waals surface area contributed by atoms with Gasteiger partial charge in [-0.25, -0.2) is 8.42 Å². The van der Waals surface area contributed by atoms with Crippen LogP contribution in [0.15, 0.2) is 24.3 Å². The number of carbonyl (C=O) groups excluding carboxylic acids is 1. The van der Waals surface area contributed by atoms with Crippen molar-refractivity contribution in [2.24, 2.45) is 0 Å². The molecule has 0 amide bonds. The third-order valence-electron chi connectivity index (χ3n) is 3.05. The quantitative estimate of drug-likeness (QED) is 0.742. The molecule has 1 atom stereocenters. The van der Waals surface area contributed by atoms with Crippen molar-refractivity contribution in [2.75, 3.05) is 5.75 Å². The number of sulfone groups is 1. The van der Waals surface area contributed by atoms with Crippen molar-refractivity contribution in [2.45, 2.75) is 24.5 Å². The zero-order chi connectivity index (χ0) is 11.6. The fourth-order valence-electron chi connectivity index (χ4n) is 2.22. The van der Waals surface area contributed by atoms with Crippen LogP contribution < -0.4 is 0 Å². The highest BCUT2D eigenvalue weighted by Gasteiger charge is 2.31. The average molecular weight is 238 g/mol. The highest BCUT2D eigenvalue weighted by atomic mass is 32.2. The van der Waals surface area contributed by atoms with E-state index in [2.05, 4.69) is 0 Å². The van der Waals surface area contributed by atoms with Crippen LogP contribution in [0.4, 0.5) is 0 Å². The topological polar surface area (TPSA) is 51.2 Å². The first-order chi connectivity index (χ1) is 7.65. The molecule has 0 spiro atoms. The standard InChI is InChI=1S/C12H14O3S/c13-9-10-5-1-2-6-11(10)12-7-3-4-8-16(12,14)15/h1-2,5-6,9,12H,3-4,7-8H2. The molecular weight excluding hydrogens is 224 g/mol. The predicted octanol–water partition coefficient (Wildman–Crippen LogP) is 2.14. The number of hydrogen-bond acceptors (Lipinski definition) is 3. The van der Waals surface area contributed by atoms with Crippen LogP contribution in [0.25, 0.3) is 0 Å². The van der Waals surface area contributed by atoms with Crippen LogP contribution in [0, 0.1) is 0 Å². The summed E-state index contributed by atoms with van der Waals surface area (Å²) in [5, 5.41) is -0.484. The molecule has 2 rings (SSSR count). The van der Waals surface area contributed by atoms with Crippen molar-refractivity contribution in [1.82, 2.24) is 0 Å². The Kier molecular flexibility index (Phi) is 3.10. The summed E-state index contributed by atoms with van der Waals surface area (Å²) in [5.74, 6) is 0.241. The van der Waals surface area contributed by atoms with Gasteiger partial charge in [-0.2, -0.15) is 0 Å². The maximum absolute atomic E-state index is 11.9. The van der Waals surface area contributed by atoms with Crippen molar-refractivity contribution in [3.05, 3.63) is 35.4 Å². The summed E-state index contributed by atoms with van der Waals surface area (Å²) in [6, 6.07) is 6.96. The van der Waals surface area contributed by atoms with Crippen LogP contribution in [-0.4, -0.2) is 20.5 Å².